The molecule has 0 N–H and O–H groups in total. The van der Waals surface area contributed by atoms with Crippen molar-refractivity contribution in [2.75, 3.05) is 0 Å². The highest BCUT2D eigenvalue weighted by molar-refractivity contribution is 5.73. The smallest absolute Gasteiger partial charge is 0.309 e. The molecule has 0 radical (unpaired) electrons. The molecular weight excluding hydrogens is 396 g/mol. The largest absolute Gasteiger partial charge is 0.488 e. The zero-order valence-corrected chi connectivity index (χ0v) is 21.9. The van der Waals surface area contributed by atoms with E-state index in [1.807, 2.05) is 58.0 Å². The SMILES string of the molecule is CC(C(=O)OC(C)(C)C)C(C)c1ccccc1.CCC(C)c1ccc(OC(C)(C)C)cc1. The van der Waals surface area contributed by atoms with Gasteiger partial charge in [0.2, 0.25) is 0 Å². The number of esters is 1. The molecule has 0 amide bonds. The fourth-order valence-electron chi connectivity index (χ4n) is 3.10. The highest BCUT2D eigenvalue weighted by atomic mass is 16.6. The van der Waals surface area contributed by atoms with Crippen molar-refractivity contribution < 1.29 is 14.3 Å². The second kappa shape index (κ2) is 12.1. The van der Waals surface area contributed by atoms with Gasteiger partial charge in [0.1, 0.15) is 17.0 Å². The number of hydrogen-bond acceptors (Lipinski definition) is 3. The number of rotatable bonds is 6. The summed E-state index contributed by atoms with van der Waals surface area (Å²) >= 11 is 0. The van der Waals surface area contributed by atoms with Crippen LogP contribution in [0.5, 0.6) is 5.75 Å². The van der Waals surface area contributed by atoms with Crippen molar-refractivity contribution in [2.24, 2.45) is 5.92 Å². The van der Waals surface area contributed by atoms with Crippen molar-refractivity contribution in [2.45, 2.75) is 98.7 Å². The standard InChI is InChI=1S/C15H22O2.C14H22O/c1-11(13-9-7-6-8-10-13)12(2)14(16)17-15(3,4)5;1-6-11(2)12-7-9-13(10-8-12)15-14(3,4)5/h6-12H,1-5H3;7-11H,6H2,1-5H3. The van der Waals surface area contributed by atoms with Crippen molar-refractivity contribution in [3.05, 3.63) is 65.7 Å². The van der Waals surface area contributed by atoms with Crippen LogP contribution < -0.4 is 4.74 Å². The Balaban J connectivity index is 0.000000323. The van der Waals surface area contributed by atoms with Gasteiger partial charge in [-0.2, -0.15) is 0 Å². The monoisotopic (exact) mass is 440 g/mol. The van der Waals surface area contributed by atoms with E-state index >= 15 is 0 Å². The van der Waals surface area contributed by atoms with Crippen LogP contribution in [0.2, 0.25) is 0 Å². The van der Waals surface area contributed by atoms with Crippen LogP contribution in [0.3, 0.4) is 0 Å². The van der Waals surface area contributed by atoms with Gasteiger partial charge in [0.25, 0.3) is 0 Å². The zero-order valence-electron chi connectivity index (χ0n) is 21.9. The average Bonchev–Trinajstić information content (AvgIpc) is 2.71. The van der Waals surface area contributed by atoms with Gasteiger partial charge in [0.15, 0.2) is 0 Å². The van der Waals surface area contributed by atoms with Crippen LogP contribution in [0.4, 0.5) is 0 Å². The Hall–Kier alpha value is -2.29. The molecule has 3 heteroatoms. The van der Waals surface area contributed by atoms with Gasteiger partial charge >= 0.3 is 5.97 Å². The Kier molecular flexibility index (Phi) is 10.5. The Labute approximate surface area is 196 Å². The van der Waals surface area contributed by atoms with Gasteiger partial charge in [-0.25, -0.2) is 0 Å². The van der Waals surface area contributed by atoms with Crippen LogP contribution in [-0.2, 0) is 9.53 Å². The first-order chi connectivity index (χ1) is 14.7. The summed E-state index contributed by atoms with van der Waals surface area (Å²) in [6.45, 7) is 20.3. The molecule has 0 aliphatic heterocycles. The fraction of sp³-hybridized carbons (Fsp3) is 0.552. The van der Waals surface area contributed by atoms with Crippen molar-refractivity contribution in [1.29, 1.82) is 0 Å². The predicted octanol–water partition coefficient (Wildman–Crippen LogP) is 8.15. The van der Waals surface area contributed by atoms with Crippen LogP contribution in [0.25, 0.3) is 0 Å². The highest BCUT2D eigenvalue weighted by Gasteiger charge is 2.26. The maximum Gasteiger partial charge on any atom is 0.309 e. The lowest BCUT2D eigenvalue weighted by Crippen LogP contribution is -2.29. The third-order valence-electron chi connectivity index (χ3n) is 5.34. The van der Waals surface area contributed by atoms with E-state index in [0.29, 0.717) is 5.92 Å². The minimum atomic E-state index is -0.415. The molecule has 32 heavy (non-hydrogen) atoms. The summed E-state index contributed by atoms with van der Waals surface area (Å²) in [4.78, 5) is 12.0. The summed E-state index contributed by atoms with van der Waals surface area (Å²) in [6.07, 6.45) is 1.18. The lowest BCUT2D eigenvalue weighted by molar-refractivity contribution is -0.160. The van der Waals surface area contributed by atoms with Gasteiger partial charge in [-0.1, -0.05) is 70.2 Å². The van der Waals surface area contributed by atoms with Crippen LogP contribution in [0.1, 0.15) is 98.6 Å². The molecule has 3 nitrogen and oxygen atoms in total. The molecule has 0 aliphatic rings. The Morgan fingerprint density at radius 3 is 1.75 bits per heavy atom. The molecular formula is C29H44O3. The van der Waals surface area contributed by atoms with Crippen LogP contribution in [0, 0.1) is 5.92 Å². The van der Waals surface area contributed by atoms with Gasteiger partial charge in [-0.15, -0.1) is 0 Å². The van der Waals surface area contributed by atoms with E-state index < -0.39 is 5.60 Å². The minimum Gasteiger partial charge on any atom is -0.488 e. The third-order valence-corrected chi connectivity index (χ3v) is 5.34. The molecule has 0 aliphatic carbocycles. The van der Waals surface area contributed by atoms with Gasteiger partial charge in [-0.05, 0) is 83.1 Å². The number of hydrogen-bond donors (Lipinski definition) is 0. The highest BCUT2D eigenvalue weighted by Crippen LogP contribution is 2.26. The Morgan fingerprint density at radius 2 is 1.31 bits per heavy atom. The summed E-state index contributed by atoms with van der Waals surface area (Å²) in [5.74, 6) is 1.50. The average molecular weight is 441 g/mol. The number of benzene rings is 2. The topological polar surface area (TPSA) is 35.5 Å². The van der Waals surface area contributed by atoms with E-state index in [9.17, 15) is 4.79 Å². The molecule has 0 aromatic heterocycles. The first kappa shape index (κ1) is 27.7. The molecule has 3 atom stereocenters. The molecule has 178 valence electrons. The molecule has 2 rings (SSSR count). The molecule has 2 aromatic rings. The number of carbonyl (C=O) groups excluding carboxylic acids is 1. The maximum absolute atomic E-state index is 12.0. The van der Waals surface area contributed by atoms with E-state index in [0.717, 1.165) is 5.75 Å². The van der Waals surface area contributed by atoms with Gasteiger partial charge < -0.3 is 9.47 Å². The number of carbonyl (C=O) groups is 1. The normalized spacial score (nSPS) is 14.4. The summed E-state index contributed by atoms with van der Waals surface area (Å²) in [5, 5.41) is 0. The second-order valence-corrected chi connectivity index (χ2v) is 10.6. The van der Waals surface area contributed by atoms with E-state index in [4.69, 9.17) is 9.47 Å². The minimum absolute atomic E-state index is 0.113. The Morgan fingerprint density at radius 1 is 0.781 bits per heavy atom. The zero-order chi connectivity index (χ0) is 24.5. The summed E-state index contributed by atoms with van der Waals surface area (Å²) in [6, 6.07) is 18.5. The number of ether oxygens (including phenoxy) is 2. The fourth-order valence-corrected chi connectivity index (χ4v) is 3.10. The molecule has 0 fully saturated rings. The lowest BCUT2D eigenvalue weighted by atomic mass is 9.89. The van der Waals surface area contributed by atoms with Crippen LogP contribution in [-0.4, -0.2) is 17.2 Å². The predicted molar refractivity (Wildman–Crippen MR) is 135 cm³/mol. The summed E-state index contributed by atoms with van der Waals surface area (Å²) < 4.78 is 11.2. The van der Waals surface area contributed by atoms with Gasteiger partial charge in [-0.3, -0.25) is 4.79 Å². The first-order valence-electron chi connectivity index (χ1n) is 11.8. The van der Waals surface area contributed by atoms with Crippen molar-refractivity contribution >= 4 is 5.97 Å². The van der Waals surface area contributed by atoms with Crippen molar-refractivity contribution in [1.82, 2.24) is 0 Å². The molecule has 0 bridgehead atoms. The van der Waals surface area contributed by atoms with E-state index in [2.05, 4.69) is 65.8 Å². The van der Waals surface area contributed by atoms with Gasteiger partial charge in [0.05, 0.1) is 5.92 Å². The van der Waals surface area contributed by atoms with E-state index in [-0.39, 0.29) is 23.4 Å². The van der Waals surface area contributed by atoms with E-state index in [1.54, 1.807) is 0 Å². The summed E-state index contributed by atoms with van der Waals surface area (Å²) in [5.41, 5.74) is 2.03. The molecule has 3 unspecified atom stereocenters. The quantitative estimate of drug-likeness (QED) is 0.425. The molecule has 0 saturated heterocycles. The molecule has 2 aromatic carbocycles. The first-order valence-corrected chi connectivity index (χ1v) is 11.8. The molecule has 0 heterocycles. The van der Waals surface area contributed by atoms with Crippen molar-refractivity contribution in [3.63, 3.8) is 0 Å². The maximum atomic E-state index is 12.0. The van der Waals surface area contributed by atoms with Crippen molar-refractivity contribution in [3.8, 4) is 5.75 Å². The van der Waals surface area contributed by atoms with Crippen LogP contribution in [0.15, 0.2) is 54.6 Å². The third kappa shape index (κ3) is 10.3. The second-order valence-electron chi connectivity index (χ2n) is 10.6. The molecule has 0 spiro atoms. The lowest BCUT2D eigenvalue weighted by Gasteiger charge is -2.25. The van der Waals surface area contributed by atoms with E-state index in [1.165, 1.54) is 17.5 Å². The molecule has 0 saturated carbocycles. The van der Waals surface area contributed by atoms with Gasteiger partial charge in [0, 0.05) is 0 Å². The Bertz CT molecular complexity index is 795. The van der Waals surface area contributed by atoms with Crippen LogP contribution >= 0.6 is 0 Å². The summed E-state index contributed by atoms with van der Waals surface area (Å²) in [7, 11) is 0.